The second kappa shape index (κ2) is 23.1. The smallest absolute Gasteiger partial charge is 0.246 e. The van der Waals surface area contributed by atoms with Crippen LogP contribution in [0.2, 0.25) is 0 Å². The van der Waals surface area contributed by atoms with Gasteiger partial charge in [0.15, 0.2) is 0 Å². The summed E-state index contributed by atoms with van der Waals surface area (Å²) in [7, 11) is 0. The van der Waals surface area contributed by atoms with Crippen LogP contribution in [0, 0.1) is 23.7 Å². The highest BCUT2D eigenvalue weighted by Gasteiger charge is 2.02. The molecule has 0 radical (unpaired) electrons. The Morgan fingerprint density at radius 1 is 0.697 bits per heavy atom. The fourth-order valence-corrected chi connectivity index (χ4v) is 3.81. The lowest BCUT2D eigenvalue weighted by Crippen LogP contribution is -2.71. The number of carbonyl (C=O) groups is 1. The van der Waals surface area contributed by atoms with E-state index in [0.717, 1.165) is 37.8 Å². The van der Waals surface area contributed by atoms with Crippen molar-refractivity contribution in [3.8, 4) is 23.7 Å². The fraction of sp³-hybridized carbons (Fsp3) is 0.667. The molecule has 1 rings (SSSR count). The van der Waals surface area contributed by atoms with Gasteiger partial charge < -0.3 is 0 Å². The Morgan fingerprint density at radius 2 is 1.15 bits per heavy atom. The fourth-order valence-electron chi connectivity index (χ4n) is 3.81. The lowest BCUT2D eigenvalue weighted by molar-refractivity contribution is -0.514. The molecule has 0 aromatic carbocycles. The Labute approximate surface area is 204 Å². The summed E-state index contributed by atoms with van der Waals surface area (Å²) in [4.78, 5) is 15.9. The molecule has 0 aliphatic carbocycles. The molecule has 1 heterocycles. The summed E-state index contributed by atoms with van der Waals surface area (Å²) in [6, 6.07) is 0. The minimum Gasteiger partial charge on any atom is -0.294 e. The molecule has 0 spiro atoms. The van der Waals surface area contributed by atoms with Crippen molar-refractivity contribution in [2.24, 2.45) is 4.99 Å². The molecular formula is C30H47N2O+. The number of quaternary nitrogens is 1. The monoisotopic (exact) mass is 451 g/mol. The Morgan fingerprint density at radius 3 is 1.67 bits per heavy atom. The van der Waals surface area contributed by atoms with Crippen LogP contribution in [0.1, 0.15) is 129 Å². The third-order valence-corrected chi connectivity index (χ3v) is 5.85. The Kier molecular flexibility index (Phi) is 20.2. The quantitative estimate of drug-likeness (QED) is 0.177. The molecular weight excluding hydrogens is 404 g/mol. The van der Waals surface area contributed by atoms with Crippen LogP contribution in [0.4, 0.5) is 0 Å². The normalized spacial score (nSPS) is 12.1. The largest absolute Gasteiger partial charge is 0.294 e. The minimum atomic E-state index is -0.00856. The molecule has 0 atom stereocenters. The van der Waals surface area contributed by atoms with Gasteiger partial charge in [-0.3, -0.25) is 10.1 Å². The van der Waals surface area contributed by atoms with Crippen molar-refractivity contribution in [3.63, 3.8) is 0 Å². The van der Waals surface area contributed by atoms with E-state index in [1.54, 1.807) is 0 Å². The number of rotatable bonds is 18. The van der Waals surface area contributed by atoms with Gasteiger partial charge in [0.2, 0.25) is 5.91 Å². The van der Waals surface area contributed by atoms with Crippen molar-refractivity contribution < 1.29 is 10.1 Å². The van der Waals surface area contributed by atoms with Gasteiger partial charge in [0.25, 0.3) is 0 Å². The maximum Gasteiger partial charge on any atom is 0.246 e. The average molecular weight is 452 g/mol. The van der Waals surface area contributed by atoms with Crippen LogP contribution < -0.4 is 5.32 Å². The van der Waals surface area contributed by atoms with Crippen molar-refractivity contribution in [2.75, 3.05) is 0 Å². The van der Waals surface area contributed by atoms with E-state index in [2.05, 4.69) is 35.6 Å². The molecule has 0 fully saturated rings. The Bertz CT molecular complexity index is 695. The number of unbranched alkanes of at least 4 members (excludes halogenated alkanes) is 16. The van der Waals surface area contributed by atoms with Gasteiger partial charge in [0.05, 0.1) is 18.1 Å². The van der Waals surface area contributed by atoms with Crippen molar-refractivity contribution in [3.05, 3.63) is 24.6 Å². The van der Waals surface area contributed by atoms with E-state index in [-0.39, 0.29) is 5.91 Å². The number of amides is 1. The van der Waals surface area contributed by atoms with Gasteiger partial charge in [-0.25, -0.2) is 4.99 Å². The molecule has 182 valence electrons. The van der Waals surface area contributed by atoms with Crippen LogP contribution in [0.5, 0.6) is 0 Å². The predicted molar refractivity (Wildman–Crippen MR) is 142 cm³/mol. The van der Waals surface area contributed by atoms with Crippen LogP contribution in [-0.4, -0.2) is 11.6 Å². The van der Waals surface area contributed by atoms with Gasteiger partial charge in [-0.05, 0) is 31.1 Å². The lowest BCUT2D eigenvalue weighted by atomic mass is 10.1. The van der Waals surface area contributed by atoms with Gasteiger partial charge >= 0.3 is 0 Å². The zero-order chi connectivity index (χ0) is 23.7. The Balaban J connectivity index is 1.83. The van der Waals surface area contributed by atoms with Crippen LogP contribution in [0.15, 0.2) is 29.5 Å². The van der Waals surface area contributed by atoms with Gasteiger partial charge in [-0.2, -0.15) is 0 Å². The molecule has 1 amide bonds. The second-order valence-corrected chi connectivity index (χ2v) is 9.00. The Hall–Kier alpha value is -2.10. The molecule has 2 N–H and O–H groups in total. The molecule has 0 aromatic rings. The number of hydrogen-bond donors (Lipinski definition) is 1. The number of hydrogen-bond acceptors (Lipinski definition) is 1. The van der Waals surface area contributed by atoms with Crippen molar-refractivity contribution in [1.82, 2.24) is 0 Å². The first-order chi connectivity index (χ1) is 16.3. The first-order valence-electron chi connectivity index (χ1n) is 13.6. The number of carbonyl (C=O) groups excluding carboxylic acids is 1. The molecule has 0 aromatic heterocycles. The van der Waals surface area contributed by atoms with E-state index >= 15 is 0 Å². The average Bonchev–Trinajstić information content (AvgIpc) is 2.83. The van der Waals surface area contributed by atoms with Gasteiger partial charge in [-0.15, -0.1) is 0 Å². The van der Waals surface area contributed by atoms with E-state index in [1.165, 1.54) is 83.5 Å². The zero-order valence-electron chi connectivity index (χ0n) is 21.2. The first-order valence-corrected chi connectivity index (χ1v) is 13.6. The molecule has 3 heteroatoms. The summed E-state index contributed by atoms with van der Waals surface area (Å²) in [6.07, 6.45) is 30.5. The number of nitrogens with zero attached hydrogens (tertiary/aromatic N) is 1. The number of aliphatic imine (C=N–C) groups is 1. The molecule has 0 unspecified atom stereocenters. The van der Waals surface area contributed by atoms with Crippen LogP contribution in [0.3, 0.4) is 0 Å². The lowest BCUT2D eigenvalue weighted by Gasteiger charge is -2.00. The summed E-state index contributed by atoms with van der Waals surface area (Å²) >= 11 is 0. The third kappa shape index (κ3) is 20.3. The van der Waals surface area contributed by atoms with Crippen LogP contribution >= 0.6 is 0 Å². The topological polar surface area (TPSA) is 46.0 Å². The summed E-state index contributed by atoms with van der Waals surface area (Å²) < 4.78 is 0. The number of nitrogens with two attached hydrogens (primary N) is 1. The minimum absolute atomic E-state index is 0.00856. The van der Waals surface area contributed by atoms with Gasteiger partial charge in [0, 0.05) is 31.4 Å². The molecule has 0 saturated carbocycles. The summed E-state index contributed by atoms with van der Waals surface area (Å²) in [5, 5.41) is 1.93. The van der Waals surface area contributed by atoms with Gasteiger partial charge in [-0.1, -0.05) is 102 Å². The van der Waals surface area contributed by atoms with Crippen LogP contribution in [0.25, 0.3) is 0 Å². The van der Waals surface area contributed by atoms with Crippen LogP contribution in [-0.2, 0) is 4.79 Å². The first kappa shape index (κ1) is 28.9. The summed E-state index contributed by atoms with van der Waals surface area (Å²) in [6.45, 7) is 2.27. The standard InChI is InChI=1S/C30H46N2O/c1-2-3-4-5-6-7-8-9-10-11-12-13-14-15-16-17-18-19-20-21-22-23-24-30(33)32-29-25-27-31-28-26-29/h25-28H,2-12,17-24H2,1H3,(H,31,32,33)/p+1. The molecule has 1 aliphatic heterocycles. The van der Waals surface area contributed by atoms with Crippen molar-refractivity contribution in [2.45, 2.75) is 129 Å². The summed E-state index contributed by atoms with van der Waals surface area (Å²) in [5.74, 6) is 12.4. The number of allylic oxidation sites excluding steroid dienone is 2. The van der Waals surface area contributed by atoms with E-state index in [0.29, 0.717) is 6.42 Å². The maximum atomic E-state index is 11.8. The predicted octanol–water partition coefficient (Wildman–Crippen LogP) is 7.00. The van der Waals surface area contributed by atoms with E-state index in [9.17, 15) is 4.79 Å². The molecule has 1 aliphatic rings. The highest BCUT2D eigenvalue weighted by Crippen LogP contribution is 2.11. The summed E-state index contributed by atoms with van der Waals surface area (Å²) in [5.41, 5.74) is 0.757. The van der Waals surface area contributed by atoms with E-state index in [4.69, 9.17) is 0 Å². The van der Waals surface area contributed by atoms with Gasteiger partial charge in [0.1, 0.15) is 0 Å². The molecule has 0 saturated heterocycles. The van der Waals surface area contributed by atoms with E-state index in [1.807, 2.05) is 29.9 Å². The maximum absolute atomic E-state index is 11.8. The SMILES string of the molecule is CCCCCCCCCCCCC#CC#CCCCCCCCCC(=O)N=C1C=C[NH2+]C=C1. The third-order valence-electron chi connectivity index (χ3n) is 5.85. The van der Waals surface area contributed by atoms with Crippen molar-refractivity contribution >= 4 is 11.6 Å². The second-order valence-electron chi connectivity index (χ2n) is 9.00. The van der Waals surface area contributed by atoms with Crippen molar-refractivity contribution in [1.29, 1.82) is 0 Å². The molecule has 0 bridgehead atoms. The zero-order valence-corrected chi connectivity index (χ0v) is 21.2. The molecule has 3 nitrogen and oxygen atoms in total. The van der Waals surface area contributed by atoms with E-state index < -0.39 is 0 Å². The highest BCUT2D eigenvalue weighted by atomic mass is 16.1. The molecule has 33 heavy (non-hydrogen) atoms. The highest BCUT2D eigenvalue weighted by molar-refractivity contribution is 6.09.